The molecule has 0 fully saturated rings. The summed E-state index contributed by atoms with van der Waals surface area (Å²) in [6.45, 7) is 7.92. The average molecular weight is 265 g/mol. The SMILES string of the molecule is CCNc1cc(N(C)CC(=O)NCC(C)C)ncn1. The molecule has 0 aliphatic carbocycles. The number of anilines is 2. The lowest BCUT2D eigenvalue weighted by Crippen LogP contribution is -2.37. The van der Waals surface area contributed by atoms with E-state index in [2.05, 4.69) is 34.4 Å². The number of carbonyl (C=O) groups is 1. The van der Waals surface area contributed by atoms with Crippen LogP contribution < -0.4 is 15.5 Å². The first kappa shape index (κ1) is 15.2. The summed E-state index contributed by atoms with van der Waals surface area (Å²) in [4.78, 5) is 21.8. The summed E-state index contributed by atoms with van der Waals surface area (Å²) in [7, 11) is 1.84. The van der Waals surface area contributed by atoms with Crippen LogP contribution in [0.1, 0.15) is 20.8 Å². The highest BCUT2D eigenvalue weighted by Gasteiger charge is 2.09. The van der Waals surface area contributed by atoms with Gasteiger partial charge in [0.15, 0.2) is 0 Å². The molecule has 0 aliphatic rings. The van der Waals surface area contributed by atoms with Gasteiger partial charge < -0.3 is 15.5 Å². The van der Waals surface area contributed by atoms with Crippen molar-refractivity contribution in [1.29, 1.82) is 0 Å². The number of likely N-dealkylation sites (N-methyl/N-ethyl adjacent to an activating group) is 1. The van der Waals surface area contributed by atoms with Crippen LogP contribution in [0.4, 0.5) is 11.6 Å². The van der Waals surface area contributed by atoms with Gasteiger partial charge in [-0.3, -0.25) is 4.79 Å². The van der Waals surface area contributed by atoms with Gasteiger partial charge in [0.2, 0.25) is 5.91 Å². The number of hydrogen-bond acceptors (Lipinski definition) is 5. The Hall–Kier alpha value is -1.85. The Morgan fingerprint density at radius 1 is 1.42 bits per heavy atom. The largest absolute Gasteiger partial charge is 0.370 e. The van der Waals surface area contributed by atoms with Crippen molar-refractivity contribution in [1.82, 2.24) is 15.3 Å². The van der Waals surface area contributed by atoms with Gasteiger partial charge in [-0.05, 0) is 12.8 Å². The smallest absolute Gasteiger partial charge is 0.239 e. The summed E-state index contributed by atoms with van der Waals surface area (Å²) < 4.78 is 0. The van der Waals surface area contributed by atoms with Gasteiger partial charge >= 0.3 is 0 Å². The van der Waals surface area contributed by atoms with Gasteiger partial charge in [-0.2, -0.15) is 0 Å². The Bertz CT molecular complexity index is 408. The minimum Gasteiger partial charge on any atom is -0.370 e. The normalized spacial score (nSPS) is 10.4. The summed E-state index contributed by atoms with van der Waals surface area (Å²) in [5.41, 5.74) is 0. The van der Waals surface area contributed by atoms with Crippen LogP contribution in [0.25, 0.3) is 0 Å². The molecule has 0 aliphatic heterocycles. The number of rotatable bonds is 7. The van der Waals surface area contributed by atoms with Crippen LogP contribution in [-0.2, 0) is 4.79 Å². The van der Waals surface area contributed by atoms with Crippen molar-refractivity contribution >= 4 is 17.5 Å². The first-order valence-corrected chi connectivity index (χ1v) is 6.56. The molecular weight excluding hydrogens is 242 g/mol. The van der Waals surface area contributed by atoms with E-state index >= 15 is 0 Å². The molecule has 19 heavy (non-hydrogen) atoms. The molecule has 0 saturated carbocycles. The second kappa shape index (κ2) is 7.56. The van der Waals surface area contributed by atoms with E-state index < -0.39 is 0 Å². The molecule has 6 nitrogen and oxygen atoms in total. The molecule has 0 radical (unpaired) electrons. The molecule has 1 heterocycles. The van der Waals surface area contributed by atoms with E-state index in [1.165, 1.54) is 6.33 Å². The molecule has 1 aromatic heterocycles. The van der Waals surface area contributed by atoms with Gasteiger partial charge in [0.05, 0.1) is 6.54 Å². The molecule has 0 bridgehead atoms. The number of amides is 1. The van der Waals surface area contributed by atoms with E-state index in [1.54, 1.807) is 4.90 Å². The van der Waals surface area contributed by atoms with Crippen LogP contribution in [0.3, 0.4) is 0 Å². The van der Waals surface area contributed by atoms with Gasteiger partial charge in [-0.25, -0.2) is 9.97 Å². The molecule has 0 unspecified atom stereocenters. The first-order chi connectivity index (χ1) is 9.02. The predicted molar refractivity (Wildman–Crippen MR) is 77.3 cm³/mol. The predicted octanol–water partition coefficient (Wildman–Crippen LogP) is 1.12. The molecule has 1 aromatic rings. The molecule has 0 spiro atoms. The van der Waals surface area contributed by atoms with E-state index in [0.29, 0.717) is 12.5 Å². The van der Waals surface area contributed by atoms with Crippen molar-refractivity contribution in [3.63, 3.8) is 0 Å². The summed E-state index contributed by atoms with van der Waals surface area (Å²) in [6.07, 6.45) is 1.50. The van der Waals surface area contributed by atoms with Gasteiger partial charge in [-0.1, -0.05) is 13.8 Å². The fourth-order valence-corrected chi connectivity index (χ4v) is 1.50. The molecule has 0 atom stereocenters. The molecule has 6 heteroatoms. The van der Waals surface area contributed by atoms with Crippen molar-refractivity contribution in [3.8, 4) is 0 Å². The molecule has 1 rings (SSSR count). The molecular formula is C13H23N5O. The lowest BCUT2D eigenvalue weighted by molar-refractivity contribution is -0.119. The number of nitrogens with one attached hydrogen (secondary N) is 2. The molecule has 1 amide bonds. The van der Waals surface area contributed by atoms with E-state index in [4.69, 9.17) is 0 Å². The zero-order chi connectivity index (χ0) is 14.3. The third-order valence-electron chi connectivity index (χ3n) is 2.49. The second-order valence-corrected chi connectivity index (χ2v) is 4.85. The number of aromatic nitrogens is 2. The Kier molecular flexibility index (Phi) is 6.05. The number of hydrogen-bond donors (Lipinski definition) is 2. The van der Waals surface area contributed by atoms with Crippen molar-refractivity contribution in [3.05, 3.63) is 12.4 Å². The van der Waals surface area contributed by atoms with E-state index in [9.17, 15) is 4.79 Å². The molecule has 0 saturated heterocycles. The van der Waals surface area contributed by atoms with E-state index in [0.717, 1.165) is 18.2 Å². The van der Waals surface area contributed by atoms with Crippen LogP contribution in [-0.4, -0.2) is 42.6 Å². The topological polar surface area (TPSA) is 70.2 Å². The molecule has 2 N–H and O–H groups in total. The maximum Gasteiger partial charge on any atom is 0.239 e. The second-order valence-electron chi connectivity index (χ2n) is 4.85. The van der Waals surface area contributed by atoms with Crippen LogP contribution >= 0.6 is 0 Å². The Morgan fingerprint density at radius 2 is 2.16 bits per heavy atom. The van der Waals surface area contributed by atoms with Crippen LogP contribution in [0.2, 0.25) is 0 Å². The maximum absolute atomic E-state index is 11.7. The van der Waals surface area contributed by atoms with Gasteiger partial charge in [-0.15, -0.1) is 0 Å². The highest BCUT2D eigenvalue weighted by molar-refractivity contribution is 5.80. The molecule has 106 valence electrons. The van der Waals surface area contributed by atoms with Gasteiger partial charge in [0.1, 0.15) is 18.0 Å². The van der Waals surface area contributed by atoms with Crippen molar-refractivity contribution in [2.24, 2.45) is 5.92 Å². The van der Waals surface area contributed by atoms with E-state index in [-0.39, 0.29) is 12.5 Å². The van der Waals surface area contributed by atoms with Crippen LogP contribution in [0.15, 0.2) is 12.4 Å². The van der Waals surface area contributed by atoms with E-state index in [1.807, 2.05) is 20.0 Å². The summed E-state index contributed by atoms with van der Waals surface area (Å²) in [5, 5.41) is 6.00. The zero-order valence-corrected chi connectivity index (χ0v) is 12.1. The fraction of sp³-hybridized carbons (Fsp3) is 0.615. The monoisotopic (exact) mass is 265 g/mol. The fourth-order valence-electron chi connectivity index (χ4n) is 1.50. The molecule has 0 aromatic carbocycles. The summed E-state index contributed by atoms with van der Waals surface area (Å²) in [5.74, 6) is 1.95. The minimum atomic E-state index is -0.000173. The van der Waals surface area contributed by atoms with Crippen molar-refractivity contribution in [2.75, 3.05) is 36.9 Å². The quantitative estimate of drug-likeness (QED) is 0.773. The standard InChI is InChI=1S/C13H23N5O/c1-5-14-11-6-12(17-9-16-11)18(4)8-13(19)15-7-10(2)3/h6,9-10H,5,7-8H2,1-4H3,(H,15,19)(H,14,16,17). The zero-order valence-electron chi connectivity index (χ0n) is 12.1. The summed E-state index contributed by atoms with van der Waals surface area (Å²) >= 11 is 0. The lowest BCUT2D eigenvalue weighted by Gasteiger charge is -2.18. The third-order valence-corrected chi connectivity index (χ3v) is 2.49. The third kappa shape index (κ3) is 5.54. The Balaban J connectivity index is 2.54. The Labute approximate surface area is 114 Å². The van der Waals surface area contributed by atoms with Gasteiger partial charge in [0.25, 0.3) is 0 Å². The van der Waals surface area contributed by atoms with Crippen LogP contribution in [0, 0.1) is 5.92 Å². The van der Waals surface area contributed by atoms with Crippen molar-refractivity contribution in [2.45, 2.75) is 20.8 Å². The average Bonchev–Trinajstić information content (AvgIpc) is 2.37. The maximum atomic E-state index is 11.7. The summed E-state index contributed by atoms with van der Waals surface area (Å²) in [6, 6.07) is 1.83. The van der Waals surface area contributed by atoms with Crippen LogP contribution in [0.5, 0.6) is 0 Å². The minimum absolute atomic E-state index is 0.000173. The highest BCUT2D eigenvalue weighted by atomic mass is 16.2. The Morgan fingerprint density at radius 3 is 2.79 bits per heavy atom. The highest BCUT2D eigenvalue weighted by Crippen LogP contribution is 2.11. The lowest BCUT2D eigenvalue weighted by atomic mass is 10.2. The number of nitrogens with zero attached hydrogens (tertiary/aromatic N) is 3. The van der Waals surface area contributed by atoms with Gasteiger partial charge in [0, 0.05) is 26.2 Å². The first-order valence-electron chi connectivity index (χ1n) is 6.56. The van der Waals surface area contributed by atoms with Crippen molar-refractivity contribution < 1.29 is 4.79 Å². The number of carbonyl (C=O) groups excluding carboxylic acids is 1.